The number of anilines is 1. The van der Waals surface area contributed by atoms with Gasteiger partial charge in [0, 0.05) is 24.7 Å². The molecule has 1 aromatic carbocycles. The lowest BCUT2D eigenvalue weighted by molar-refractivity contribution is -0.0277. The smallest absolute Gasteiger partial charge is 0.120 e. The summed E-state index contributed by atoms with van der Waals surface area (Å²) in [5, 5.41) is 0. The molecule has 1 aromatic rings. The lowest BCUT2D eigenvalue weighted by atomic mass is 10.0. The predicted molar refractivity (Wildman–Crippen MR) is 81.1 cm³/mol. The molecular weight excluding hydrogens is 260 g/mol. The van der Waals surface area contributed by atoms with Crippen LogP contribution >= 0.6 is 12.2 Å². The number of nitrogens with two attached hydrogens (primary N) is 1. The van der Waals surface area contributed by atoms with E-state index in [1.54, 1.807) is 7.11 Å². The zero-order chi connectivity index (χ0) is 14.0. The molecule has 2 N–H and O–H groups in total. The molecule has 1 heterocycles. The molecule has 19 heavy (non-hydrogen) atoms. The first-order valence-corrected chi connectivity index (χ1v) is 6.70. The van der Waals surface area contributed by atoms with Gasteiger partial charge < -0.3 is 20.1 Å². The largest absolute Gasteiger partial charge is 0.497 e. The molecule has 1 aliphatic heterocycles. The van der Waals surface area contributed by atoms with E-state index >= 15 is 0 Å². The van der Waals surface area contributed by atoms with Gasteiger partial charge in [-0.2, -0.15) is 0 Å². The summed E-state index contributed by atoms with van der Waals surface area (Å²) >= 11 is 5.13. The van der Waals surface area contributed by atoms with Crippen LogP contribution < -0.4 is 15.4 Å². The first kappa shape index (κ1) is 14.1. The Bertz CT molecular complexity index is 488. The molecule has 0 bridgehead atoms. The van der Waals surface area contributed by atoms with E-state index in [4.69, 9.17) is 27.4 Å². The van der Waals surface area contributed by atoms with E-state index in [1.807, 2.05) is 18.2 Å². The van der Waals surface area contributed by atoms with E-state index in [2.05, 4.69) is 18.7 Å². The highest BCUT2D eigenvalue weighted by molar-refractivity contribution is 7.80. The van der Waals surface area contributed by atoms with Gasteiger partial charge in [0.1, 0.15) is 10.7 Å². The van der Waals surface area contributed by atoms with Gasteiger partial charge in [-0.15, -0.1) is 0 Å². The van der Waals surface area contributed by atoms with Gasteiger partial charge in [0.25, 0.3) is 0 Å². The maximum absolute atomic E-state index is 5.81. The van der Waals surface area contributed by atoms with Crippen LogP contribution in [0.5, 0.6) is 5.75 Å². The summed E-state index contributed by atoms with van der Waals surface area (Å²) < 4.78 is 11.0. The van der Waals surface area contributed by atoms with Crippen molar-refractivity contribution in [2.24, 2.45) is 5.73 Å². The first-order valence-electron chi connectivity index (χ1n) is 6.30. The number of methoxy groups -OCH3 is 1. The van der Waals surface area contributed by atoms with E-state index in [0.29, 0.717) is 11.6 Å². The second-order valence-corrected chi connectivity index (χ2v) is 5.72. The van der Waals surface area contributed by atoms with Crippen molar-refractivity contribution >= 4 is 22.9 Å². The van der Waals surface area contributed by atoms with Crippen LogP contribution in [0.25, 0.3) is 0 Å². The highest BCUT2D eigenvalue weighted by Gasteiger charge is 2.28. The summed E-state index contributed by atoms with van der Waals surface area (Å²) in [6.07, 6.45) is 0. The molecular formula is C14H20N2O2S. The molecule has 2 rings (SSSR count). The van der Waals surface area contributed by atoms with Gasteiger partial charge in [0.15, 0.2) is 0 Å². The SMILES string of the molecule is COc1ccc(C(N)=S)c(N2CCOC(C)(C)C2)c1. The molecule has 0 spiro atoms. The summed E-state index contributed by atoms with van der Waals surface area (Å²) in [7, 11) is 1.66. The molecule has 1 fully saturated rings. The van der Waals surface area contributed by atoms with E-state index in [-0.39, 0.29) is 5.60 Å². The second-order valence-electron chi connectivity index (χ2n) is 5.28. The Morgan fingerprint density at radius 2 is 2.21 bits per heavy atom. The van der Waals surface area contributed by atoms with Gasteiger partial charge in [-0.25, -0.2) is 0 Å². The van der Waals surface area contributed by atoms with Crippen LogP contribution in [0.4, 0.5) is 5.69 Å². The molecule has 4 nitrogen and oxygen atoms in total. The first-order chi connectivity index (χ1) is 8.93. The Kier molecular flexibility index (Phi) is 3.96. The maximum Gasteiger partial charge on any atom is 0.120 e. The van der Waals surface area contributed by atoms with Gasteiger partial charge >= 0.3 is 0 Å². The molecule has 0 unspecified atom stereocenters. The van der Waals surface area contributed by atoms with Crippen molar-refractivity contribution in [1.29, 1.82) is 0 Å². The Morgan fingerprint density at radius 1 is 1.47 bits per heavy atom. The molecule has 0 aromatic heterocycles. The van der Waals surface area contributed by atoms with E-state index in [0.717, 1.165) is 30.1 Å². The van der Waals surface area contributed by atoms with Crippen molar-refractivity contribution in [1.82, 2.24) is 0 Å². The standard InChI is InChI=1S/C14H20N2O2S/c1-14(2)9-16(6-7-18-14)12-8-10(17-3)4-5-11(12)13(15)19/h4-5,8H,6-7,9H2,1-3H3,(H2,15,19). The normalized spacial score (nSPS) is 18.2. The topological polar surface area (TPSA) is 47.7 Å². The lowest BCUT2D eigenvalue weighted by Crippen LogP contribution is -2.48. The molecule has 1 aliphatic rings. The van der Waals surface area contributed by atoms with Crippen molar-refractivity contribution in [3.63, 3.8) is 0 Å². The van der Waals surface area contributed by atoms with Gasteiger partial charge in [0.05, 0.1) is 25.0 Å². The Morgan fingerprint density at radius 3 is 2.79 bits per heavy atom. The van der Waals surface area contributed by atoms with Crippen LogP contribution in [0.2, 0.25) is 0 Å². The minimum Gasteiger partial charge on any atom is -0.497 e. The second kappa shape index (κ2) is 5.35. The number of ether oxygens (including phenoxy) is 2. The van der Waals surface area contributed by atoms with Crippen molar-refractivity contribution in [2.75, 3.05) is 31.7 Å². The Hall–Kier alpha value is -1.33. The third kappa shape index (κ3) is 3.16. The van der Waals surface area contributed by atoms with Crippen molar-refractivity contribution in [2.45, 2.75) is 19.4 Å². The highest BCUT2D eigenvalue weighted by atomic mass is 32.1. The van der Waals surface area contributed by atoms with Gasteiger partial charge in [-0.05, 0) is 26.0 Å². The number of rotatable bonds is 3. The molecule has 0 atom stereocenters. The average molecular weight is 280 g/mol. The number of benzene rings is 1. The Balaban J connectivity index is 2.38. The molecule has 5 heteroatoms. The van der Waals surface area contributed by atoms with Gasteiger partial charge in [0.2, 0.25) is 0 Å². The zero-order valence-electron chi connectivity index (χ0n) is 11.6. The zero-order valence-corrected chi connectivity index (χ0v) is 12.4. The van der Waals surface area contributed by atoms with Crippen LogP contribution in [-0.2, 0) is 4.74 Å². The lowest BCUT2D eigenvalue weighted by Gasteiger charge is -2.40. The predicted octanol–water partition coefficient (Wildman–Crippen LogP) is 1.94. The van der Waals surface area contributed by atoms with Crippen molar-refractivity contribution < 1.29 is 9.47 Å². The van der Waals surface area contributed by atoms with Crippen LogP contribution in [0, 0.1) is 0 Å². The summed E-state index contributed by atoms with van der Waals surface area (Å²) in [5.74, 6) is 0.805. The molecule has 0 radical (unpaired) electrons. The fourth-order valence-corrected chi connectivity index (χ4v) is 2.50. The van der Waals surface area contributed by atoms with Crippen LogP contribution in [-0.4, -0.2) is 37.4 Å². The summed E-state index contributed by atoms with van der Waals surface area (Å²) in [5.41, 5.74) is 7.54. The minimum atomic E-state index is -0.172. The molecule has 104 valence electrons. The number of thiocarbonyl (C=S) groups is 1. The molecule has 0 amide bonds. The Labute approximate surface area is 119 Å². The quantitative estimate of drug-likeness (QED) is 0.858. The fourth-order valence-electron chi connectivity index (χ4n) is 2.33. The van der Waals surface area contributed by atoms with E-state index < -0.39 is 0 Å². The van der Waals surface area contributed by atoms with Gasteiger partial charge in [-0.1, -0.05) is 12.2 Å². The van der Waals surface area contributed by atoms with Crippen LogP contribution in [0.1, 0.15) is 19.4 Å². The van der Waals surface area contributed by atoms with Gasteiger partial charge in [-0.3, -0.25) is 0 Å². The minimum absolute atomic E-state index is 0.172. The number of morpholine rings is 1. The van der Waals surface area contributed by atoms with Crippen molar-refractivity contribution in [3.05, 3.63) is 23.8 Å². The maximum atomic E-state index is 5.81. The van der Waals surface area contributed by atoms with E-state index in [9.17, 15) is 0 Å². The third-order valence-corrected chi connectivity index (χ3v) is 3.46. The average Bonchev–Trinajstić information content (AvgIpc) is 2.36. The van der Waals surface area contributed by atoms with Crippen LogP contribution in [0.3, 0.4) is 0 Å². The number of hydrogen-bond donors (Lipinski definition) is 1. The van der Waals surface area contributed by atoms with E-state index in [1.165, 1.54) is 0 Å². The molecule has 1 saturated heterocycles. The fraction of sp³-hybridized carbons (Fsp3) is 0.500. The monoisotopic (exact) mass is 280 g/mol. The summed E-state index contributed by atoms with van der Waals surface area (Å²) in [6.45, 7) is 6.49. The number of hydrogen-bond acceptors (Lipinski definition) is 4. The van der Waals surface area contributed by atoms with Crippen molar-refractivity contribution in [3.8, 4) is 5.75 Å². The third-order valence-electron chi connectivity index (χ3n) is 3.24. The van der Waals surface area contributed by atoms with Crippen LogP contribution in [0.15, 0.2) is 18.2 Å². The number of nitrogens with zero attached hydrogens (tertiary/aromatic N) is 1. The summed E-state index contributed by atoms with van der Waals surface area (Å²) in [6, 6.07) is 5.78. The highest BCUT2D eigenvalue weighted by Crippen LogP contribution is 2.29. The molecule has 0 aliphatic carbocycles. The summed E-state index contributed by atoms with van der Waals surface area (Å²) in [4.78, 5) is 2.66. The molecule has 0 saturated carbocycles.